The molecule has 0 aromatic rings. The van der Waals surface area contributed by atoms with Crippen molar-refractivity contribution in [1.82, 2.24) is 0 Å². The van der Waals surface area contributed by atoms with Gasteiger partial charge in [-0.05, 0) is 55.9 Å². The monoisotopic (exact) mass is 211 g/mol. The Morgan fingerprint density at radius 1 is 1.33 bits per heavy atom. The Morgan fingerprint density at radius 3 is 2.73 bits per heavy atom. The molecule has 2 fully saturated rings. The fourth-order valence-electron chi connectivity index (χ4n) is 3.74. The number of rotatable bonds is 6. The Bertz CT molecular complexity index is 207. The first-order valence-electron chi connectivity index (χ1n) is 6.58. The van der Waals surface area contributed by atoms with Crippen LogP contribution in [0.1, 0.15) is 45.4 Å². The van der Waals surface area contributed by atoms with E-state index >= 15 is 0 Å². The van der Waals surface area contributed by atoms with Gasteiger partial charge in [0.05, 0.1) is 0 Å². The van der Waals surface area contributed by atoms with Crippen molar-refractivity contribution >= 4 is 0 Å². The second-order valence-electron chi connectivity index (χ2n) is 5.51. The van der Waals surface area contributed by atoms with Crippen molar-refractivity contribution in [2.75, 3.05) is 19.8 Å². The average Bonchev–Trinajstić information content (AvgIpc) is 2.85. The highest BCUT2D eigenvalue weighted by atomic mass is 16.5. The largest absolute Gasteiger partial charge is 0.381 e. The van der Waals surface area contributed by atoms with E-state index in [-0.39, 0.29) is 0 Å². The molecule has 0 aromatic carbocycles. The van der Waals surface area contributed by atoms with Crippen LogP contribution in [0.3, 0.4) is 0 Å². The van der Waals surface area contributed by atoms with E-state index in [1.54, 1.807) is 0 Å². The van der Waals surface area contributed by atoms with Gasteiger partial charge in [0.1, 0.15) is 0 Å². The summed E-state index contributed by atoms with van der Waals surface area (Å²) in [6.07, 6.45) is 8.04. The first kappa shape index (κ1) is 11.4. The van der Waals surface area contributed by atoms with Gasteiger partial charge in [0, 0.05) is 13.2 Å². The van der Waals surface area contributed by atoms with E-state index in [0.29, 0.717) is 5.41 Å². The van der Waals surface area contributed by atoms with E-state index in [4.69, 9.17) is 10.5 Å². The van der Waals surface area contributed by atoms with Gasteiger partial charge < -0.3 is 10.5 Å². The van der Waals surface area contributed by atoms with Crippen molar-refractivity contribution in [2.45, 2.75) is 45.4 Å². The number of hydrogen-bond donors (Lipinski definition) is 1. The zero-order valence-electron chi connectivity index (χ0n) is 10.0. The first-order valence-corrected chi connectivity index (χ1v) is 6.58. The molecule has 0 heterocycles. The number of fused-ring (bicyclic) bond motifs is 2. The molecular formula is C13H25NO. The molecule has 2 aliphatic rings. The third-order valence-corrected chi connectivity index (χ3v) is 4.60. The van der Waals surface area contributed by atoms with Gasteiger partial charge in [0.25, 0.3) is 0 Å². The molecule has 2 saturated carbocycles. The van der Waals surface area contributed by atoms with Crippen LogP contribution in [-0.2, 0) is 4.74 Å². The first-order chi connectivity index (χ1) is 7.30. The van der Waals surface area contributed by atoms with Gasteiger partial charge in [0.15, 0.2) is 0 Å². The predicted octanol–water partition coefficient (Wildman–Crippen LogP) is 2.57. The van der Waals surface area contributed by atoms with Crippen LogP contribution >= 0.6 is 0 Å². The molecule has 2 N–H and O–H groups in total. The van der Waals surface area contributed by atoms with E-state index in [0.717, 1.165) is 38.0 Å². The predicted molar refractivity (Wildman–Crippen MR) is 62.7 cm³/mol. The molecule has 2 bridgehead atoms. The fraction of sp³-hybridized carbons (Fsp3) is 1.00. The Balaban J connectivity index is 1.81. The van der Waals surface area contributed by atoms with Crippen LogP contribution in [0.25, 0.3) is 0 Å². The second-order valence-corrected chi connectivity index (χ2v) is 5.51. The van der Waals surface area contributed by atoms with E-state index in [2.05, 4.69) is 6.92 Å². The SMILES string of the molecule is CCCOCCC1(CN)CC2CCC1C2. The van der Waals surface area contributed by atoms with Crippen LogP contribution in [0.4, 0.5) is 0 Å². The third kappa shape index (κ3) is 2.21. The summed E-state index contributed by atoms with van der Waals surface area (Å²) in [6, 6.07) is 0. The quantitative estimate of drug-likeness (QED) is 0.685. The van der Waals surface area contributed by atoms with Gasteiger partial charge in [-0.2, -0.15) is 0 Å². The van der Waals surface area contributed by atoms with Gasteiger partial charge in [-0.3, -0.25) is 0 Å². The average molecular weight is 211 g/mol. The van der Waals surface area contributed by atoms with Crippen molar-refractivity contribution in [3.05, 3.63) is 0 Å². The summed E-state index contributed by atoms with van der Waals surface area (Å²) in [5, 5.41) is 0. The van der Waals surface area contributed by atoms with Crippen LogP contribution in [0, 0.1) is 17.3 Å². The van der Waals surface area contributed by atoms with E-state index < -0.39 is 0 Å². The topological polar surface area (TPSA) is 35.2 Å². The smallest absolute Gasteiger partial charge is 0.0471 e. The lowest BCUT2D eigenvalue weighted by Gasteiger charge is -2.36. The highest BCUT2D eigenvalue weighted by molar-refractivity contribution is 5.00. The van der Waals surface area contributed by atoms with Gasteiger partial charge in [-0.1, -0.05) is 13.3 Å². The maximum Gasteiger partial charge on any atom is 0.0471 e. The minimum absolute atomic E-state index is 0.455. The van der Waals surface area contributed by atoms with E-state index in [1.165, 1.54) is 32.1 Å². The van der Waals surface area contributed by atoms with Crippen molar-refractivity contribution in [3.8, 4) is 0 Å². The molecule has 0 amide bonds. The van der Waals surface area contributed by atoms with Crippen molar-refractivity contribution in [1.29, 1.82) is 0 Å². The van der Waals surface area contributed by atoms with Crippen molar-refractivity contribution in [3.63, 3.8) is 0 Å². The minimum Gasteiger partial charge on any atom is -0.381 e. The Morgan fingerprint density at radius 2 is 2.20 bits per heavy atom. The molecule has 88 valence electrons. The fourth-order valence-corrected chi connectivity index (χ4v) is 3.74. The van der Waals surface area contributed by atoms with E-state index in [1.807, 2.05) is 0 Å². The molecule has 2 nitrogen and oxygen atoms in total. The van der Waals surface area contributed by atoms with Gasteiger partial charge in [-0.15, -0.1) is 0 Å². The summed E-state index contributed by atoms with van der Waals surface area (Å²) in [7, 11) is 0. The van der Waals surface area contributed by atoms with Crippen molar-refractivity contribution in [2.24, 2.45) is 23.0 Å². The maximum absolute atomic E-state index is 6.01. The minimum atomic E-state index is 0.455. The number of ether oxygens (including phenoxy) is 1. The second kappa shape index (κ2) is 4.84. The lowest BCUT2D eigenvalue weighted by atomic mass is 9.71. The summed E-state index contributed by atoms with van der Waals surface area (Å²) >= 11 is 0. The number of hydrogen-bond acceptors (Lipinski definition) is 2. The molecule has 3 unspecified atom stereocenters. The molecule has 2 heteroatoms. The van der Waals surface area contributed by atoms with Gasteiger partial charge >= 0.3 is 0 Å². The molecule has 2 aliphatic carbocycles. The Hall–Kier alpha value is -0.0800. The third-order valence-electron chi connectivity index (χ3n) is 4.60. The van der Waals surface area contributed by atoms with Gasteiger partial charge in [0.2, 0.25) is 0 Å². The zero-order chi connectivity index (χ0) is 10.7. The summed E-state index contributed by atoms with van der Waals surface area (Å²) in [4.78, 5) is 0. The molecule has 3 atom stereocenters. The van der Waals surface area contributed by atoms with Gasteiger partial charge in [-0.25, -0.2) is 0 Å². The zero-order valence-corrected chi connectivity index (χ0v) is 10.0. The maximum atomic E-state index is 6.01. The summed E-state index contributed by atoms with van der Waals surface area (Å²) in [5.74, 6) is 1.91. The van der Waals surface area contributed by atoms with Crippen LogP contribution < -0.4 is 5.73 Å². The standard InChI is InChI=1S/C13H25NO/c1-2-6-15-7-5-13(10-14)9-11-3-4-12(13)8-11/h11-12H,2-10,14H2,1H3. The molecule has 15 heavy (non-hydrogen) atoms. The molecule has 0 aliphatic heterocycles. The normalized spacial score (nSPS) is 38.8. The highest BCUT2D eigenvalue weighted by Gasteiger charge is 2.49. The van der Waals surface area contributed by atoms with E-state index in [9.17, 15) is 0 Å². The van der Waals surface area contributed by atoms with Crippen LogP contribution in [0.2, 0.25) is 0 Å². The molecule has 0 aromatic heterocycles. The summed E-state index contributed by atoms with van der Waals surface area (Å²) in [6.45, 7) is 4.88. The molecular weight excluding hydrogens is 186 g/mol. The highest BCUT2D eigenvalue weighted by Crippen LogP contribution is 2.57. The van der Waals surface area contributed by atoms with Crippen LogP contribution in [-0.4, -0.2) is 19.8 Å². The van der Waals surface area contributed by atoms with Crippen molar-refractivity contribution < 1.29 is 4.74 Å². The molecule has 2 rings (SSSR count). The number of nitrogens with two attached hydrogens (primary N) is 1. The van der Waals surface area contributed by atoms with Crippen LogP contribution in [0.5, 0.6) is 0 Å². The Kier molecular flexibility index (Phi) is 3.68. The molecule has 0 saturated heterocycles. The summed E-state index contributed by atoms with van der Waals surface area (Å²) in [5.41, 5.74) is 6.47. The lowest BCUT2D eigenvalue weighted by Crippen LogP contribution is -2.37. The summed E-state index contributed by atoms with van der Waals surface area (Å²) < 4.78 is 5.62. The molecule has 0 radical (unpaired) electrons. The lowest BCUT2D eigenvalue weighted by molar-refractivity contribution is 0.0684. The Labute approximate surface area is 93.6 Å². The van der Waals surface area contributed by atoms with Crippen LogP contribution in [0.15, 0.2) is 0 Å². The molecule has 0 spiro atoms.